The molecule has 0 aliphatic rings. The van der Waals surface area contributed by atoms with E-state index >= 15 is 0 Å². The molecule has 1 aromatic carbocycles. The summed E-state index contributed by atoms with van der Waals surface area (Å²) in [6.07, 6.45) is -0.0362. The predicted molar refractivity (Wildman–Crippen MR) is 59.1 cm³/mol. The van der Waals surface area contributed by atoms with Crippen molar-refractivity contribution in [3.8, 4) is 11.8 Å². The van der Waals surface area contributed by atoms with Gasteiger partial charge in [0, 0.05) is 0 Å². The summed E-state index contributed by atoms with van der Waals surface area (Å²) >= 11 is 0. The third-order valence-electron chi connectivity index (χ3n) is 2.04. The lowest BCUT2D eigenvalue weighted by molar-refractivity contribution is -0.139. The Bertz CT molecular complexity index is 472. The van der Waals surface area contributed by atoms with Crippen molar-refractivity contribution < 1.29 is 13.9 Å². The Morgan fingerprint density at radius 1 is 1.56 bits per heavy atom. The molecule has 0 heterocycles. The number of nitrogen functional groups attached to an aromatic ring is 1. The van der Waals surface area contributed by atoms with Crippen LogP contribution in [-0.2, 0) is 9.53 Å². The van der Waals surface area contributed by atoms with Gasteiger partial charge in [-0.1, -0.05) is 11.8 Å². The van der Waals surface area contributed by atoms with Crippen LogP contribution in [0.3, 0.4) is 0 Å². The van der Waals surface area contributed by atoms with Crippen molar-refractivity contribution in [2.24, 2.45) is 0 Å². The Labute approximate surface area is 93.4 Å². The highest BCUT2D eigenvalue weighted by Gasteiger charge is 2.02. The molecule has 84 valence electrons. The quantitative estimate of drug-likeness (QED) is 0.445. The Balaban J connectivity index is 2.92. The number of nitrogens with two attached hydrogens (primary N) is 1. The molecule has 0 saturated carbocycles. The minimum Gasteiger partial charge on any atom is -0.468 e. The largest absolute Gasteiger partial charge is 0.468 e. The molecular formula is C12H12FNO2. The van der Waals surface area contributed by atoms with Crippen LogP contribution in [0.15, 0.2) is 12.1 Å². The van der Waals surface area contributed by atoms with Crippen molar-refractivity contribution in [1.29, 1.82) is 0 Å². The fourth-order valence-electron chi connectivity index (χ4n) is 1.14. The Kier molecular flexibility index (Phi) is 3.90. The Morgan fingerprint density at radius 3 is 2.88 bits per heavy atom. The minimum absolute atomic E-state index is 0.0362. The van der Waals surface area contributed by atoms with Gasteiger partial charge in [-0.3, -0.25) is 4.79 Å². The summed E-state index contributed by atoms with van der Waals surface area (Å²) in [5.41, 5.74) is 7.16. The number of anilines is 1. The molecule has 0 fully saturated rings. The highest BCUT2D eigenvalue weighted by molar-refractivity contribution is 5.72. The first-order chi connectivity index (χ1) is 7.54. The summed E-state index contributed by atoms with van der Waals surface area (Å²) in [4.78, 5) is 10.8. The average molecular weight is 221 g/mol. The van der Waals surface area contributed by atoms with Crippen molar-refractivity contribution in [3.63, 3.8) is 0 Å². The normalized spacial score (nSPS) is 9.19. The number of hydrogen-bond donors (Lipinski definition) is 1. The fourth-order valence-corrected chi connectivity index (χ4v) is 1.14. The number of carbonyl (C=O) groups is 1. The molecule has 4 heteroatoms. The summed E-state index contributed by atoms with van der Waals surface area (Å²) in [5, 5.41) is 0. The second kappa shape index (κ2) is 5.17. The number of rotatable bonds is 1. The lowest BCUT2D eigenvalue weighted by Gasteiger charge is -2.02. The van der Waals surface area contributed by atoms with Gasteiger partial charge in [0.2, 0.25) is 0 Å². The van der Waals surface area contributed by atoms with Gasteiger partial charge in [0.1, 0.15) is 12.2 Å². The molecular weight excluding hydrogens is 209 g/mol. The van der Waals surface area contributed by atoms with Crippen LogP contribution in [0.25, 0.3) is 0 Å². The van der Waals surface area contributed by atoms with Gasteiger partial charge in [-0.25, -0.2) is 4.39 Å². The van der Waals surface area contributed by atoms with Crippen molar-refractivity contribution in [2.45, 2.75) is 13.3 Å². The summed E-state index contributed by atoms with van der Waals surface area (Å²) < 4.78 is 17.5. The third kappa shape index (κ3) is 2.99. The lowest BCUT2D eigenvalue weighted by Crippen LogP contribution is -1.98. The fraction of sp³-hybridized carbons (Fsp3) is 0.250. The second-order valence-corrected chi connectivity index (χ2v) is 3.24. The molecule has 1 aromatic rings. The van der Waals surface area contributed by atoms with Gasteiger partial charge < -0.3 is 10.5 Å². The summed E-state index contributed by atoms with van der Waals surface area (Å²) in [7, 11) is 1.28. The summed E-state index contributed by atoms with van der Waals surface area (Å²) in [6.45, 7) is 1.70. The third-order valence-corrected chi connectivity index (χ3v) is 2.04. The molecule has 0 radical (unpaired) electrons. The van der Waals surface area contributed by atoms with Crippen LogP contribution in [0.5, 0.6) is 0 Å². The van der Waals surface area contributed by atoms with Gasteiger partial charge in [-0.15, -0.1) is 0 Å². The van der Waals surface area contributed by atoms with E-state index < -0.39 is 11.8 Å². The molecule has 0 aliphatic carbocycles. The number of esters is 1. The molecule has 3 nitrogen and oxygen atoms in total. The standard InChI is InChI=1S/C12H12FNO2/c1-8-6-10(13)7-9(12(8)14)4-3-5-11(15)16-2/h6-7H,5,14H2,1-2H3. The highest BCUT2D eigenvalue weighted by Crippen LogP contribution is 2.17. The molecule has 1 rings (SSSR count). The minimum atomic E-state index is -0.431. The van der Waals surface area contributed by atoms with Crippen LogP contribution in [0.4, 0.5) is 10.1 Å². The number of aryl methyl sites for hydroxylation is 1. The Morgan fingerprint density at radius 2 is 2.25 bits per heavy atom. The van der Waals surface area contributed by atoms with E-state index in [0.717, 1.165) is 0 Å². The van der Waals surface area contributed by atoms with Gasteiger partial charge in [0.15, 0.2) is 0 Å². The van der Waals surface area contributed by atoms with Crippen LogP contribution >= 0.6 is 0 Å². The van der Waals surface area contributed by atoms with E-state index in [9.17, 15) is 9.18 Å². The zero-order valence-corrected chi connectivity index (χ0v) is 9.13. The molecule has 2 N–H and O–H groups in total. The van der Waals surface area contributed by atoms with Crippen LogP contribution < -0.4 is 5.73 Å². The molecule has 0 saturated heterocycles. The number of halogens is 1. The first-order valence-electron chi connectivity index (χ1n) is 4.66. The van der Waals surface area contributed by atoms with Crippen LogP contribution in [0.1, 0.15) is 17.5 Å². The molecule has 0 aromatic heterocycles. The molecule has 0 aliphatic heterocycles. The molecule has 0 bridgehead atoms. The maximum absolute atomic E-state index is 13.0. The van der Waals surface area contributed by atoms with Crippen molar-refractivity contribution in [2.75, 3.05) is 12.8 Å². The predicted octanol–water partition coefficient (Wildman–Crippen LogP) is 1.63. The number of methoxy groups -OCH3 is 1. The molecule has 0 spiro atoms. The monoisotopic (exact) mass is 221 g/mol. The van der Waals surface area contributed by atoms with E-state index in [2.05, 4.69) is 16.6 Å². The van der Waals surface area contributed by atoms with E-state index in [1.165, 1.54) is 19.2 Å². The number of ether oxygens (including phenoxy) is 1. The van der Waals surface area contributed by atoms with E-state index in [1.54, 1.807) is 6.92 Å². The van der Waals surface area contributed by atoms with E-state index in [4.69, 9.17) is 5.73 Å². The molecule has 0 amide bonds. The highest BCUT2D eigenvalue weighted by atomic mass is 19.1. The number of carbonyl (C=O) groups excluding carboxylic acids is 1. The average Bonchev–Trinajstić information content (AvgIpc) is 2.24. The van der Waals surface area contributed by atoms with E-state index in [-0.39, 0.29) is 6.42 Å². The van der Waals surface area contributed by atoms with Crippen LogP contribution in [0.2, 0.25) is 0 Å². The van der Waals surface area contributed by atoms with Gasteiger partial charge in [0.25, 0.3) is 0 Å². The topological polar surface area (TPSA) is 52.3 Å². The molecule has 0 unspecified atom stereocenters. The lowest BCUT2D eigenvalue weighted by atomic mass is 10.1. The Hall–Kier alpha value is -2.02. The van der Waals surface area contributed by atoms with Crippen molar-refractivity contribution in [1.82, 2.24) is 0 Å². The zero-order chi connectivity index (χ0) is 12.1. The van der Waals surface area contributed by atoms with Crippen molar-refractivity contribution >= 4 is 11.7 Å². The number of hydrogen-bond acceptors (Lipinski definition) is 3. The SMILES string of the molecule is COC(=O)CC#Cc1cc(F)cc(C)c1N. The molecule has 16 heavy (non-hydrogen) atoms. The van der Waals surface area contributed by atoms with E-state index in [0.29, 0.717) is 16.8 Å². The second-order valence-electron chi connectivity index (χ2n) is 3.24. The van der Waals surface area contributed by atoms with Gasteiger partial charge >= 0.3 is 5.97 Å². The maximum atomic E-state index is 13.0. The number of benzene rings is 1. The maximum Gasteiger partial charge on any atom is 0.317 e. The summed E-state index contributed by atoms with van der Waals surface area (Å²) in [6, 6.07) is 2.58. The summed E-state index contributed by atoms with van der Waals surface area (Å²) in [5.74, 6) is 4.39. The van der Waals surface area contributed by atoms with E-state index in [1.807, 2.05) is 0 Å². The smallest absolute Gasteiger partial charge is 0.317 e. The molecule has 0 atom stereocenters. The van der Waals surface area contributed by atoms with Gasteiger partial charge in [-0.05, 0) is 24.6 Å². The first-order valence-corrected chi connectivity index (χ1v) is 4.66. The zero-order valence-electron chi connectivity index (χ0n) is 9.13. The van der Waals surface area contributed by atoms with Gasteiger partial charge in [-0.2, -0.15) is 0 Å². The van der Waals surface area contributed by atoms with Crippen molar-refractivity contribution in [3.05, 3.63) is 29.1 Å². The van der Waals surface area contributed by atoms with Crippen LogP contribution in [-0.4, -0.2) is 13.1 Å². The first kappa shape index (κ1) is 12.1. The van der Waals surface area contributed by atoms with Crippen LogP contribution in [0, 0.1) is 24.6 Å². The van der Waals surface area contributed by atoms with Gasteiger partial charge in [0.05, 0.1) is 18.4 Å².